The van der Waals surface area contributed by atoms with Gasteiger partial charge >= 0.3 is 0 Å². The van der Waals surface area contributed by atoms with Crippen molar-refractivity contribution in [2.24, 2.45) is 0 Å². The summed E-state index contributed by atoms with van der Waals surface area (Å²) in [5, 5.41) is 4.04. The minimum atomic E-state index is -0.0875. The fourth-order valence-corrected chi connectivity index (χ4v) is 3.14. The summed E-state index contributed by atoms with van der Waals surface area (Å²) in [4.78, 5) is 22.8. The van der Waals surface area contributed by atoms with Crippen molar-refractivity contribution in [2.75, 3.05) is 11.4 Å². The Kier molecular flexibility index (Phi) is 3.80. The molecule has 1 saturated heterocycles. The molecule has 0 radical (unpaired) electrons. The molecule has 126 valence electrons. The number of aromatic nitrogens is 3. The van der Waals surface area contributed by atoms with Gasteiger partial charge in [-0.3, -0.25) is 9.78 Å². The fraction of sp³-hybridized carbons (Fsp3) is 0.263. The Hall–Kier alpha value is -3.02. The van der Waals surface area contributed by atoms with Gasteiger partial charge in [0.15, 0.2) is 0 Å². The van der Waals surface area contributed by atoms with E-state index in [2.05, 4.69) is 21.2 Å². The highest BCUT2D eigenvalue weighted by Gasteiger charge is 2.35. The van der Waals surface area contributed by atoms with Crippen LogP contribution in [-0.4, -0.2) is 27.6 Å². The molecule has 6 heteroatoms. The second-order valence-electron chi connectivity index (χ2n) is 6.39. The molecule has 2 aromatic heterocycles. The molecule has 4 rings (SSSR count). The highest BCUT2D eigenvalue weighted by Crippen LogP contribution is 2.33. The van der Waals surface area contributed by atoms with Gasteiger partial charge in [-0.05, 0) is 43.2 Å². The molecule has 1 aliphatic heterocycles. The number of carbonyl (C=O) groups excluding carboxylic acids is 1. The molecule has 0 spiro atoms. The lowest BCUT2D eigenvalue weighted by molar-refractivity contribution is -0.117. The van der Waals surface area contributed by atoms with Crippen LogP contribution in [0.3, 0.4) is 0 Å². The smallest absolute Gasteiger partial charge is 0.232 e. The lowest BCUT2D eigenvalue weighted by atomic mass is 10.1. The Bertz CT molecular complexity index is 920. The summed E-state index contributed by atoms with van der Waals surface area (Å²) >= 11 is 0. The van der Waals surface area contributed by atoms with Gasteiger partial charge in [-0.25, -0.2) is 0 Å². The van der Waals surface area contributed by atoms with Gasteiger partial charge in [0.05, 0.1) is 5.92 Å². The fourth-order valence-electron chi connectivity index (χ4n) is 3.14. The molecule has 1 atom stereocenters. The average Bonchev–Trinajstić information content (AvgIpc) is 3.25. The molecule has 25 heavy (non-hydrogen) atoms. The van der Waals surface area contributed by atoms with Gasteiger partial charge in [0.1, 0.15) is 0 Å². The second kappa shape index (κ2) is 6.12. The van der Waals surface area contributed by atoms with Crippen molar-refractivity contribution in [1.29, 1.82) is 0 Å². The number of pyridine rings is 1. The van der Waals surface area contributed by atoms with E-state index >= 15 is 0 Å². The van der Waals surface area contributed by atoms with Crippen LogP contribution in [0.15, 0.2) is 47.2 Å². The van der Waals surface area contributed by atoms with Crippen molar-refractivity contribution in [3.63, 3.8) is 0 Å². The number of nitrogens with zero attached hydrogens (tertiary/aromatic N) is 4. The number of anilines is 1. The van der Waals surface area contributed by atoms with E-state index < -0.39 is 0 Å². The maximum atomic E-state index is 12.5. The van der Waals surface area contributed by atoms with Crippen molar-refractivity contribution in [2.45, 2.75) is 26.2 Å². The summed E-state index contributed by atoms with van der Waals surface area (Å²) in [6, 6.07) is 9.80. The molecule has 1 fully saturated rings. The van der Waals surface area contributed by atoms with E-state index in [1.807, 2.05) is 43.0 Å². The van der Waals surface area contributed by atoms with Crippen LogP contribution in [0.2, 0.25) is 0 Å². The lowest BCUT2D eigenvalue weighted by Gasteiger charge is -2.19. The van der Waals surface area contributed by atoms with E-state index in [1.165, 1.54) is 0 Å². The first-order chi connectivity index (χ1) is 12.1. The monoisotopic (exact) mass is 334 g/mol. The van der Waals surface area contributed by atoms with Gasteiger partial charge in [0.25, 0.3) is 0 Å². The summed E-state index contributed by atoms with van der Waals surface area (Å²) in [5.74, 6) is 1.03. The standard InChI is InChI=1S/C19H18N4O2/c1-12-3-4-13(2)16(9-12)23-11-15(10-17(23)24)19-21-18(22-25-19)14-5-7-20-8-6-14/h3-9,15H,10-11H2,1-2H3. The van der Waals surface area contributed by atoms with Crippen LogP contribution in [0.4, 0.5) is 5.69 Å². The molecule has 1 aliphatic rings. The second-order valence-corrected chi connectivity index (χ2v) is 6.39. The topological polar surface area (TPSA) is 72.1 Å². The quantitative estimate of drug-likeness (QED) is 0.735. The van der Waals surface area contributed by atoms with E-state index in [4.69, 9.17) is 4.52 Å². The molecular formula is C19H18N4O2. The van der Waals surface area contributed by atoms with E-state index in [-0.39, 0.29) is 11.8 Å². The van der Waals surface area contributed by atoms with Crippen molar-refractivity contribution in [3.05, 3.63) is 59.7 Å². The number of benzene rings is 1. The summed E-state index contributed by atoms with van der Waals surface area (Å²) in [6.07, 6.45) is 3.75. The third kappa shape index (κ3) is 2.91. The van der Waals surface area contributed by atoms with Gasteiger partial charge < -0.3 is 9.42 Å². The van der Waals surface area contributed by atoms with E-state index in [1.54, 1.807) is 12.4 Å². The Morgan fingerprint density at radius 3 is 2.76 bits per heavy atom. The van der Waals surface area contributed by atoms with Gasteiger partial charge in [-0.15, -0.1) is 0 Å². The largest absolute Gasteiger partial charge is 0.339 e. The molecule has 0 bridgehead atoms. The minimum absolute atomic E-state index is 0.0855. The number of aryl methyl sites for hydroxylation is 2. The summed E-state index contributed by atoms with van der Waals surface area (Å²) < 4.78 is 5.43. The summed E-state index contributed by atoms with van der Waals surface area (Å²) in [5.41, 5.74) is 4.03. The van der Waals surface area contributed by atoms with Gasteiger partial charge in [0.2, 0.25) is 17.6 Å². The average molecular weight is 334 g/mol. The predicted molar refractivity (Wildman–Crippen MR) is 93.2 cm³/mol. The lowest BCUT2D eigenvalue weighted by Crippen LogP contribution is -2.25. The normalized spacial score (nSPS) is 17.3. The van der Waals surface area contributed by atoms with Crippen LogP contribution < -0.4 is 4.90 Å². The summed E-state index contributed by atoms with van der Waals surface area (Å²) in [7, 11) is 0. The number of carbonyl (C=O) groups is 1. The van der Waals surface area contributed by atoms with Crippen LogP contribution in [0.1, 0.15) is 29.4 Å². The number of amides is 1. The van der Waals surface area contributed by atoms with E-state index in [0.29, 0.717) is 24.7 Å². The minimum Gasteiger partial charge on any atom is -0.339 e. The molecule has 1 unspecified atom stereocenters. The maximum Gasteiger partial charge on any atom is 0.232 e. The number of hydrogen-bond donors (Lipinski definition) is 0. The molecule has 0 saturated carbocycles. The van der Waals surface area contributed by atoms with Crippen molar-refractivity contribution in [1.82, 2.24) is 15.1 Å². The SMILES string of the molecule is Cc1ccc(C)c(N2CC(c3nc(-c4ccncc4)no3)CC2=O)c1. The molecule has 6 nitrogen and oxygen atoms in total. The number of rotatable bonds is 3. The van der Waals surface area contributed by atoms with Crippen LogP contribution in [0.5, 0.6) is 0 Å². The zero-order valence-electron chi connectivity index (χ0n) is 14.1. The van der Waals surface area contributed by atoms with Gasteiger partial charge in [-0.2, -0.15) is 4.98 Å². The molecule has 3 heterocycles. The predicted octanol–water partition coefficient (Wildman–Crippen LogP) is 3.27. The zero-order valence-corrected chi connectivity index (χ0v) is 14.1. The van der Waals surface area contributed by atoms with Crippen LogP contribution >= 0.6 is 0 Å². The first kappa shape index (κ1) is 15.5. The Morgan fingerprint density at radius 1 is 1.16 bits per heavy atom. The molecule has 1 amide bonds. The number of hydrogen-bond acceptors (Lipinski definition) is 5. The van der Waals surface area contributed by atoms with E-state index in [0.717, 1.165) is 22.4 Å². The van der Waals surface area contributed by atoms with Gasteiger partial charge in [0, 0.05) is 36.6 Å². The Labute approximate surface area is 145 Å². The zero-order chi connectivity index (χ0) is 17.4. The third-order valence-corrected chi connectivity index (χ3v) is 4.51. The van der Waals surface area contributed by atoms with Crippen molar-refractivity contribution >= 4 is 11.6 Å². The highest BCUT2D eigenvalue weighted by atomic mass is 16.5. The van der Waals surface area contributed by atoms with Crippen LogP contribution in [-0.2, 0) is 4.79 Å². The van der Waals surface area contributed by atoms with E-state index in [9.17, 15) is 4.79 Å². The first-order valence-electron chi connectivity index (χ1n) is 8.23. The molecular weight excluding hydrogens is 316 g/mol. The molecule has 1 aromatic carbocycles. The molecule has 3 aromatic rings. The summed E-state index contributed by atoms with van der Waals surface area (Å²) in [6.45, 7) is 4.60. The van der Waals surface area contributed by atoms with Crippen molar-refractivity contribution < 1.29 is 9.32 Å². The van der Waals surface area contributed by atoms with Crippen LogP contribution in [0.25, 0.3) is 11.4 Å². The van der Waals surface area contributed by atoms with Gasteiger partial charge in [-0.1, -0.05) is 17.3 Å². The Morgan fingerprint density at radius 2 is 1.96 bits per heavy atom. The van der Waals surface area contributed by atoms with Crippen molar-refractivity contribution in [3.8, 4) is 11.4 Å². The molecule has 0 aliphatic carbocycles. The first-order valence-corrected chi connectivity index (χ1v) is 8.23. The Balaban J connectivity index is 1.59. The maximum absolute atomic E-state index is 12.5. The van der Waals surface area contributed by atoms with Crippen LogP contribution in [0, 0.1) is 13.8 Å². The highest BCUT2D eigenvalue weighted by molar-refractivity contribution is 5.97. The third-order valence-electron chi connectivity index (χ3n) is 4.51. The molecule has 0 N–H and O–H groups in total.